The monoisotopic (exact) mass is 578 g/mol. The van der Waals surface area contributed by atoms with Crippen LogP contribution in [0, 0.1) is 0 Å². The second-order valence-corrected chi connectivity index (χ2v) is 9.41. The summed E-state index contributed by atoms with van der Waals surface area (Å²) in [5.41, 5.74) is 10.6. The molecule has 0 aliphatic carbocycles. The summed E-state index contributed by atoms with van der Waals surface area (Å²) in [5.74, 6) is 0. The van der Waals surface area contributed by atoms with Crippen LogP contribution in [0.4, 0.5) is 5.69 Å². The Balaban J connectivity index is 0.000000149. The lowest BCUT2D eigenvalue weighted by Gasteiger charge is -2.08. The molecule has 39 heavy (non-hydrogen) atoms. The molecule has 0 atom stereocenters. The Labute approximate surface area is 237 Å². The summed E-state index contributed by atoms with van der Waals surface area (Å²) >= 11 is 3.43. The Morgan fingerprint density at radius 2 is 1.13 bits per heavy atom. The van der Waals surface area contributed by atoms with Crippen LogP contribution >= 0.6 is 15.9 Å². The van der Waals surface area contributed by atoms with Crippen molar-refractivity contribution < 1.29 is 0 Å². The van der Waals surface area contributed by atoms with Crippen molar-refractivity contribution in [3.63, 3.8) is 0 Å². The number of fused-ring (bicyclic) bond motifs is 2. The molecular weight excluding hydrogens is 548 g/mol. The first kappa shape index (κ1) is 27.8. The van der Waals surface area contributed by atoms with Crippen LogP contribution < -0.4 is 11.1 Å². The van der Waals surface area contributed by atoms with Gasteiger partial charge in [0.1, 0.15) is 0 Å². The number of pyridine rings is 4. The minimum Gasteiger partial charge on any atom is -0.383 e. The van der Waals surface area contributed by atoms with E-state index in [1.54, 1.807) is 12.4 Å². The molecule has 4 heterocycles. The molecule has 0 saturated carbocycles. The van der Waals surface area contributed by atoms with Crippen molar-refractivity contribution in [1.82, 2.24) is 19.9 Å². The number of nitrogens with one attached hydrogen (secondary N) is 1. The maximum absolute atomic E-state index is 5.32. The molecule has 6 nitrogen and oxygen atoms in total. The summed E-state index contributed by atoms with van der Waals surface area (Å²) in [4.78, 5) is 17.1. The topological polar surface area (TPSA) is 89.6 Å². The lowest BCUT2D eigenvalue weighted by molar-refractivity contribution is 0.923. The van der Waals surface area contributed by atoms with E-state index in [-0.39, 0.29) is 0 Å². The van der Waals surface area contributed by atoms with Gasteiger partial charge in [-0.2, -0.15) is 0 Å². The van der Waals surface area contributed by atoms with Gasteiger partial charge in [0, 0.05) is 70.8 Å². The van der Waals surface area contributed by atoms with Gasteiger partial charge in [0.25, 0.3) is 0 Å². The van der Waals surface area contributed by atoms with Crippen LogP contribution in [0.2, 0.25) is 0 Å². The van der Waals surface area contributed by atoms with E-state index in [9.17, 15) is 0 Å². The molecule has 0 bridgehead atoms. The van der Waals surface area contributed by atoms with Crippen LogP contribution in [0.5, 0.6) is 0 Å². The van der Waals surface area contributed by atoms with Crippen LogP contribution in [0.15, 0.2) is 126 Å². The molecule has 0 unspecified atom stereocenters. The van der Waals surface area contributed by atoms with Gasteiger partial charge < -0.3 is 11.1 Å². The average molecular weight is 580 g/mol. The van der Waals surface area contributed by atoms with E-state index in [1.165, 1.54) is 5.39 Å². The fourth-order valence-corrected chi connectivity index (χ4v) is 4.36. The molecule has 0 aliphatic rings. The predicted molar refractivity (Wildman–Crippen MR) is 165 cm³/mol. The lowest BCUT2D eigenvalue weighted by atomic mass is 10.2. The lowest BCUT2D eigenvalue weighted by Crippen LogP contribution is -2.06. The summed E-state index contributed by atoms with van der Waals surface area (Å²) in [6.07, 6.45) is 9.02. The van der Waals surface area contributed by atoms with Crippen LogP contribution in [0.3, 0.4) is 0 Å². The molecule has 0 aliphatic heterocycles. The summed E-state index contributed by atoms with van der Waals surface area (Å²) in [5, 5.41) is 5.76. The van der Waals surface area contributed by atoms with Crippen molar-refractivity contribution in [2.45, 2.75) is 12.8 Å². The second-order valence-electron chi connectivity index (χ2n) is 8.55. The highest BCUT2D eigenvalue weighted by molar-refractivity contribution is 9.10. The average Bonchev–Trinajstić information content (AvgIpc) is 3.00. The smallest absolute Gasteiger partial charge is 0.0933 e. The third kappa shape index (κ3) is 8.67. The largest absolute Gasteiger partial charge is 0.383 e. The van der Waals surface area contributed by atoms with Crippen molar-refractivity contribution >= 4 is 43.4 Å². The molecule has 7 heteroatoms. The van der Waals surface area contributed by atoms with Gasteiger partial charge in [-0.3, -0.25) is 19.9 Å². The van der Waals surface area contributed by atoms with Gasteiger partial charge in [-0.25, -0.2) is 0 Å². The Kier molecular flexibility index (Phi) is 10.9. The van der Waals surface area contributed by atoms with Crippen LogP contribution in [-0.4, -0.2) is 33.0 Å². The molecule has 6 aromatic rings. The minimum atomic E-state index is 0.678. The first-order valence-corrected chi connectivity index (χ1v) is 13.6. The maximum Gasteiger partial charge on any atom is 0.0933 e. The molecule has 2 aromatic carbocycles. The number of rotatable bonds is 6. The SMILES string of the molecule is Brc1cccc2cccnc12.NCCc1ccccn1.c1ccc(CCNc2cccc3cccnc23)nc1. The van der Waals surface area contributed by atoms with E-state index < -0.39 is 0 Å². The van der Waals surface area contributed by atoms with Gasteiger partial charge in [0.2, 0.25) is 0 Å². The highest BCUT2D eigenvalue weighted by Crippen LogP contribution is 2.21. The van der Waals surface area contributed by atoms with Crippen LogP contribution in [-0.2, 0) is 12.8 Å². The summed E-state index contributed by atoms with van der Waals surface area (Å²) in [6.45, 7) is 1.53. The van der Waals surface area contributed by atoms with Crippen molar-refractivity contribution in [3.8, 4) is 0 Å². The number of nitrogens with zero attached hydrogens (tertiary/aromatic N) is 4. The minimum absolute atomic E-state index is 0.678. The molecular formula is C32H31BrN6. The quantitative estimate of drug-likeness (QED) is 0.224. The molecule has 4 aromatic heterocycles. The van der Waals surface area contributed by atoms with Crippen molar-refractivity contribution in [2.24, 2.45) is 5.73 Å². The maximum atomic E-state index is 5.32. The van der Waals surface area contributed by atoms with E-state index in [0.717, 1.165) is 57.4 Å². The van der Waals surface area contributed by atoms with E-state index in [4.69, 9.17) is 5.73 Å². The number of anilines is 1. The highest BCUT2D eigenvalue weighted by Gasteiger charge is 2.01. The van der Waals surface area contributed by atoms with E-state index in [0.29, 0.717) is 6.54 Å². The van der Waals surface area contributed by atoms with E-state index in [1.807, 2.05) is 91.3 Å². The summed E-state index contributed by atoms with van der Waals surface area (Å²) in [6, 6.07) is 32.1. The Bertz CT molecular complexity index is 1550. The first-order chi connectivity index (χ1) is 19.2. The normalized spacial score (nSPS) is 10.2. The van der Waals surface area contributed by atoms with Gasteiger partial charge in [0.15, 0.2) is 0 Å². The second kappa shape index (κ2) is 15.3. The summed E-state index contributed by atoms with van der Waals surface area (Å²) in [7, 11) is 0. The van der Waals surface area contributed by atoms with Gasteiger partial charge in [0.05, 0.1) is 16.7 Å². The molecule has 3 N–H and O–H groups in total. The Hall–Kier alpha value is -4.20. The zero-order valence-electron chi connectivity index (χ0n) is 21.6. The highest BCUT2D eigenvalue weighted by atomic mass is 79.9. The molecule has 0 spiro atoms. The van der Waals surface area contributed by atoms with Gasteiger partial charge in [-0.15, -0.1) is 0 Å². The zero-order chi connectivity index (χ0) is 27.1. The van der Waals surface area contributed by atoms with Gasteiger partial charge in [-0.1, -0.05) is 48.5 Å². The number of halogens is 1. The number of para-hydroxylation sites is 2. The molecule has 6 rings (SSSR count). The molecule has 0 fully saturated rings. The first-order valence-electron chi connectivity index (χ1n) is 12.8. The van der Waals surface area contributed by atoms with Crippen LogP contribution in [0.25, 0.3) is 21.8 Å². The molecule has 0 radical (unpaired) electrons. The third-order valence-electron chi connectivity index (χ3n) is 5.77. The molecule has 0 amide bonds. The predicted octanol–water partition coefficient (Wildman–Crippen LogP) is 6.86. The fourth-order valence-electron chi connectivity index (χ4n) is 3.88. The number of benzene rings is 2. The van der Waals surface area contributed by atoms with Gasteiger partial charge in [-0.05, 0) is 71.0 Å². The van der Waals surface area contributed by atoms with Crippen molar-refractivity contribution in [1.29, 1.82) is 0 Å². The number of hydrogen-bond donors (Lipinski definition) is 2. The Morgan fingerprint density at radius 1 is 0.564 bits per heavy atom. The molecule has 196 valence electrons. The standard InChI is InChI=1S/C16H15N3.C9H6BrN.C7H10N2/c1-2-10-17-14(7-1)9-12-18-15-8-3-5-13-6-4-11-19-16(13)15;10-8-5-1-3-7-4-2-6-11-9(7)8;8-5-4-7-3-1-2-6-9-7/h1-8,10-11,18H,9,12H2;1-6H;1-3,6H,4-5,8H2. The van der Waals surface area contributed by atoms with Crippen molar-refractivity contribution in [3.05, 3.63) is 138 Å². The van der Waals surface area contributed by atoms with E-state index >= 15 is 0 Å². The fraction of sp³-hybridized carbons (Fsp3) is 0.125. The van der Waals surface area contributed by atoms with E-state index in [2.05, 4.69) is 59.4 Å². The van der Waals surface area contributed by atoms with Crippen molar-refractivity contribution in [2.75, 3.05) is 18.4 Å². The number of hydrogen-bond acceptors (Lipinski definition) is 6. The zero-order valence-corrected chi connectivity index (χ0v) is 23.2. The van der Waals surface area contributed by atoms with Crippen LogP contribution in [0.1, 0.15) is 11.4 Å². The van der Waals surface area contributed by atoms with Gasteiger partial charge >= 0.3 is 0 Å². The number of aromatic nitrogens is 4. The Morgan fingerprint density at radius 3 is 1.74 bits per heavy atom. The summed E-state index contributed by atoms with van der Waals surface area (Å²) < 4.78 is 1.05. The number of nitrogens with two attached hydrogens (primary N) is 1. The molecule has 0 saturated heterocycles. The third-order valence-corrected chi connectivity index (χ3v) is 6.41.